The van der Waals surface area contributed by atoms with Gasteiger partial charge in [-0.05, 0) is 18.3 Å². The smallest absolute Gasteiger partial charge is 0.368 e. The zero-order valence-electron chi connectivity index (χ0n) is 15.9. The van der Waals surface area contributed by atoms with E-state index in [0.29, 0.717) is 0 Å². The Morgan fingerprint density at radius 1 is 0.818 bits per heavy atom. The maximum Gasteiger partial charge on any atom is 0.368 e. The molecule has 10 nitrogen and oxygen atoms in total. The molecule has 2 aliphatic rings. The van der Waals surface area contributed by atoms with E-state index in [-0.39, 0.29) is 6.42 Å². The van der Waals surface area contributed by atoms with E-state index in [1.54, 1.807) is 0 Å². The second-order valence-electron chi connectivity index (χ2n) is 7.23. The Bertz CT molecular complexity index is 948. The van der Waals surface area contributed by atoms with Crippen molar-refractivity contribution < 1.29 is 71.3 Å². The number of carbonyl (C=O) groups is 2. The third kappa shape index (κ3) is 5.27. The molecule has 0 N–H and O–H groups in total. The van der Waals surface area contributed by atoms with Crippen LogP contribution in [0.15, 0.2) is 12.2 Å². The Labute approximate surface area is 182 Å². The van der Waals surface area contributed by atoms with Crippen molar-refractivity contribution in [2.24, 2.45) is 23.7 Å². The Balaban J connectivity index is 2.07. The fourth-order valence-electron chi connectivity index (χ4n) is 3.48. The van der Waals surface area contributed by atoms with Crippen LogP contribution in [0, 0.1) is 23.7 Å². The summed E-state index contributed by atoms with van der Waals surface area (Å²) in [6.07, 6.45) is -4.65. The summed E-state index contributed by atoms with van der Waals surface area (Å²) in [7, 11) is -12.9. The molecule has 2 aliphatic carbocycles. The number of esters is 2. The Morgan fingerprint density at radius 3 is 1.39 bits per heavy atom. The Kier molecular flexibility index (Phi) is 7.48. The van der Waals surface area contributed by atoms with Crippen molar-refractivity contribution in [3.05, 3.63) is 12.2 Å². The molecule has 2 rings (SSSR count). The normalized spacial score (nSPS) is 27.3. The summed E-state index contributed by atoms with van der Waals surface area (Å²) in [6.45, 7) is -3.76. The van der Waals surface area contributed by atoms with E-state index in [1.165, 1.54) is 12.2 Å². The number of hydrogen-bond acceptors (Lipinski definition) is 10. The number of rotatable bonds is 10. The Morgan fingerprint density at radius 2 is 1.12 bits per heavy atom. The van der Waals surface area contributed by atoms with Crippen molar-refractivity contribution >= 4 is 32.2 Å². The van der Waals surface area contributed by atoms with Crippen molar-refractivity contribution in [1.29, 1.82) is 0 Å². The summed E-state index contributed by atoms with van der Waals surface area (Å²) in [5, 5.41) is -10.9. The number of ether oxygens (including phenoxy) is 2. The molecular formula is C15H14F6O10S2-2. The van der Waals surface area contributed by atoms with Gasteiger partial charge >= 0.3 is 22.4 Å². The van der Waals surface area contributed by atoms with E-state index in [1.807, 2.05) is 0 Å². The standard InChI is InChI=1S/C15H16F6O10S2/c16-8(14(18,19)32(24,25)26)4-30-12(22)10-6-1-2-7(3-6)11(10)13(23)31-5-9(17)15(20,21)33(27,28)29/h1-2,6-11H,3-5H2,(H,24,25,26)(H,27,28,29)/p-2. The van der Waals surface area contributed by atoms with Gasteiger partial charge in [0.15, 0.2) is 20.2 Å². The van der Waals surface area contributed by atoms with Crippen molar-refractivity contribution in [3.63, 3.8) is 0 Å². The van der Waals surface area contributed by atoms with Gasteiger partial charge in [0.25, 0.3) is 0 Å². The molecule has 6 unspecified atom stereocenters. The van der Waals surface area contributed by atoms with Gasteiger partial charge in [0.1, 0.15) is 13.2 Å². The lowest BCUT2D eigenvalue weighted by molar-refractivity contribution is -0.166. The average molecular weight is 532 g/mol. The van der Waals surface area contributed by atoms with Gasteiger partial charge in [0, 0.05) is 0 Å². The van der Waals surface area contributed by atoms with Crippen LogP contribution in [0.1, 0.15) is 6.42 Å². The lowest BCUT2D eigenvalue weighted by Gasteiger charge is -2.27. The van der Waals surface area contributed by atoms with E-state index < -0.39 is 91.9 Å². The van der Waals surface area contributed by atoms with Crippen LogP contribution >= 0.6 is 0 Å². The molecule has 33 heavy (non-hydrogen) atoms. The summed E-state index contributed by atoms with van der Waals surface area (Å²) >= 11 is 0. The largest absolute Gasteiger partial charge is 0.743 e. The SMILES string of the molecule is O=C(OCC(F)C(F)(F)S(=O)(=O)[O-])C1C2C=CC(C2)C1C(=O)OCC(F)C(F)(F)S(=O)(=O)[O-]. The molecule has 190 valence electrons. The molecule has 0 heterocycles. The van der Waals surface area contributed by atoms with Gasteiger partial charge in [0.05, 0.1) is 11.8 Å². The first-order chi connectivity index (χ1) is 14.8. The summed E-state index contributed by atoms with van der Waals surface area (Å²) in [6, 6.07) is 0. The maximum atomic E-state index is 13.5. The van der Waals surface area contributed by atoms with Crippen molar-refractivity contribution in [2.75, 3.05) is 13.2 Å². The van der Waals surface area contributed by atoms with Gasteiger partial charge in [0.2, 0.25) is 12.3 Å². The zero-order chi connectivity index (χ0) is 25.6. The minimum Gasteiger partial charge on any atom is -0.743 e. The third-order valence-corrected chi connectivity index (χ3v) is 6.99. The molecule has 18 heteroatoms. The van der Waals surface area contributed by atoms with E-state index in [0.717, 1.165) is 0 Å². The van der Waals surface area contributed by atoms with Crippen LogP contribution in [0.4, 0.5) is 26.3 Å². The minimum absolute atomic E-state index is 0.0633. The van der Waals surface area contributed by atoms with Crippen LogP contribution in [-0.2, 0) is 39.3 Å². The van der Waals surface area contributed by atoms with Crippen LogP contribution < -0.4 is 0 Å². The predicted molar refractivity (Wildman–Crippen MR) is 88.7 cm³/mol. The van der Waals surface area contributed by atoms with Gasteiger partial charge in [-0.25, -0.2) is 25.6 Å². The highest BCUT2D eigenvalue weighted by Crippen LogP contribution is 2.49. The first-order valence-electron chi connectivity index (χ1n) is 8.78. The van der Waals surface area contributed by atoms with E-state index >= 15 is 0 Å². The number of halogens is 6. The van der Waals surface area contributed by atoms with Crippen LogP contribution in [0.3, 0.4) is 0 Å². The highest BCUT2D eigenvalue weighted by molar-refractivity contribution is 7.87. The molecule has 0 spiro atoms. The summed E-state index contributed by atoms with van der Waals surface area (Å²) < 4.78 is 151. The molecule has 0 aromatic carbocycles. The first-order valence-corrected chi connectivity index (χ1v) is 11.6. The molecule has 0 saturated heterocycles. The molecule has 0 aromatic rings. The zero-order valence-corrected chi connectivity index (χ0v) is 17.5. The highest BCUT2D eigenvalue weighted by atomic mass is 32.2. The number of allylic oxidation sites excluding steroid dienone is 2. The molecule has 0 aliphatic heterocycles. The quantitative estimate of drug-likeness (QED) is 0.167. The van der Waals surface area contributed by atoms with Gasteiger partial charge in [-0.15, -0.1) is 0 Å². The molecule has 0 amide bonds. The molecular weight excluding hydrogens is 518 g/mol. The minimum atomic E-state index is -6.44. The lowest BCUT2D eigenvalue weighted by atomic mass is 9.83. The van der Waals surface area contributed by atoms with Crippen LogP contribution in [0.2, 0.25) is 0 Å². The topological polar surface area (TPSA) is 167 Å². The van der Waals surface area contributed by atoms with E-state index in [4.69, 9.17) is 0 Å². The van der Waals surface area contributed by atoms with Crippen molar-refractivity contribution in [2.45, 2.75) is 29.3 Å². The second-order valence-corrected chi connectivity index (χ2v) is 10.1. The third-order valence-electron chi connectivity index (χ3n) is 5.14. The Hall–Kier alpha value is -1.92. The molecule has 6 atom stereocenters. The molecule has 1 saturated carbocycles. The fraction of sp³-hybridized carbons (Fsp3) is 0.733. The average Bonchev–Trinajstić information content (AvgIpc) is 3.29. The predicted octanol–water partition coefficient (Wildman–Crippen LogP) is 0.463. The monoisotopic (exact) mass is 532 g/mol. The van der Waals surface area contributed by atoms with Crippen molar-refractivity contribution in [1.82, 2.24) is 0 Å². The fourth-order valence-corrected chi connectivity index (χ4v) is 4.24. The number of fused-ring (bicyclic) bond motifs is 2. The highest BCUT2D eigenvalue weighted by Gasteiger charge is 2.55. The van der Waals surface area contributed by atoms with Crippen LogP contribution in [0.25, 0.3) is 0 Å². The van der Waals surface area contributed by atoms with E-state index in [2.05, 4.69) is 9.47 Å². The lowest BCUT2D eigenvalue weighted by Crippen LogP contribution is -2.44. The van der Waals surface area contributed by atoms with Gasteiger partial charge < -0.3 is 18.6 Å². The molecule has 1 fully saturated rings. The summed E-state index contributed by atoms with van der Waals surface area (Å²) in [4.78, 5) is 24.5. The summed E-state index contributed by atoms with van der Waals surface area (Å²) in [5.41, 5.74) is 0. The van der Waals surface area contributed by atoms with Crippen molar-refractivity contribution in [3.8, 4) is 0 Å². The molecule has 0 aromatic heterocycles. The van der Waals surface area contributed by atoms with Crippen LogP contribution in [-0.4, -0.2) is 73.9 Å². The molecule has 0 radical (unpaired) electrons. The maximum absolute atomic E-state index is 13.5. The van der Waals surface area contributed by atoms with E-state index in [9.17, 15) is 61.9 Å². The summed E-state index contributed by atoms with van der Waals surface area (Å²) in [5.74, 6) is -7.71. The van der Waals surface area contributed by atoms with Gasteiger partial charge in [-0.1, -0.05) is 12.2 Å². The number of carbonyl (C=O) groups excluding carboxylic acids is 2. The van der Waals surface area contributed by atoms with Gasteiger partial charge in [-0.2, -0.15) is 17.6 Å². The number of alkyl halides is 6. The first kappa shape index (κ1) is 27.3. The number of hydrogen-bond donors (Lipinski definition) is 0. The van der Waals surface area contributed by atoms with Gasteiger partial charge in [-0.3, -0.25) is 9.59 Å². The second kappa shape index (κ2) is 9.03. The molecule has 2 bridgehead atoms. The van der Waals surface area contributed by atoms with Crippen LogP contribution in [0.5, 0.6) is 0 Å².